The summed E-state index contributed by atoms with van der Waals surface area (Å²) in [6.45, 7) is 1.54. The molecular formula is C28H28FN5O3. The van der Waals surface area contributed by atoms with E-state index in [1.165, 1.54) is 12.2 Å². The summed E-state index contributed by atoms with van der Waals surface area (Å²) in [4.78, 5) is 18.4. The second-order valence-corrected chi connectivity index (χ2v) is 9.87. The van der Waals surface area contributed by atoms with Crippen LogP contribution in [0.4, 0.5) is 15.1 Å². The standard InChI is InChI=1S/C28H28FN5O3/c1-33-13-24(25(35)14-33)34-23-9-6-16(11-22(23)31-28(34)32-27(30)36)10-21-19-5-3-2-4-17(19)15-37-26-12-18(29)7-8-20(21)26/h2-12,20,24-26,35H,13-15H2,1H3,(H3,30,31,32,36)/b21-10+/t20?,24-,25-,26?/m0/s1. The number of fused-ring (bicyclic) bond motifs is 3. The van der Waals surface area contributed by atoms with Crippen molar-refractivity contribution < 1.29 is 19.0 Å². The average Bonchev–Trinajstić information content (AvgIpc) is 3.33. The molecule has 0 spiro atoms. The van der Waals surface area contributed by atoms with Crippen molar-refractivity contribution in [3.8, 4) is 0 Å². The Kier molecular flexibility index (Phi) is 5.91. The summed E-state index contributed by atoms with van der Waals surface area (Å²) in [7, 11) is 1.94. The van der Waals surface area contributed by atoms with Crippen LogP contribution in [0.1, 0.15) is 22.7 Å². The van der Waals surface area contributed by atoms with Gasteiger partial charge in [-0.15, -0.1) is 0 Å². The number of β-amino-alcohol motifs (C(OH)–C–C–N with tert-alkyl or cyclic N) is 1. The van der Waals surface area contributed by atoms with Crippen LogP contribution in [0.2, 0.25) is 0 Å². The van der Waals surface area contributed by atoms with Crippen LogP contribution in [0.5, 0.6) is 0 Å². The van der Waals surface area contributed by atoms with Crippen LogP contribution in [-0.4, -0.2) is 57.9 Å². The highest BCUT2D eigenvalue weighted by Gasteiger charge is 2.34. The number of anilines is 1. The minimum absolute atomic E-state index is 0.146. The minimum atomic E-state index is -0.717. The van der Waals surface area contributed by atoms with E-state index in [0.29, 0.717) is 31.2 Å². The summed E-state index contributed by atoms with van der Waals surface area (Å²) in [5.41, 5.74) is 10.9. The van der Waals surface area contributed by atoms with Crippen molar-refractivity contribution in [3.05, 3.63) is 83.2 Å². The van der Waals surface area contributed by atoms with Gasteiger partial charge in [-0.25, -0.2) is 14.2 Å². The van der Waals surface area contributed by atoms with Crippen LogP contribution in [0.15, 0.2) is 66.5 Å². The highest BCUT2D eigenvalue weighted by molar-refractivity contribution is 5.92. The molecular weight excluding hydrogens is 473 g/mol. The molecule has 3 aromatic rings. The lowest BCUT2D eigenvalue weighted by atomic mass is 9.83. The number of likely N-dealkylation sites (N-methyl/N-ethyl adjacent to an activating group) is 1. The summed E-state index contributed by atoms with van der Waals surface area (Å²) in [5, 5.41) is 13.3. The lowest BCUT2D eigenvalue weighted by molar-refractivity contribution is 0.0600. The Hall–Kier alpha value is -3.79. The van der Waals surface area contributed by atoms with E-state index >= 15 is 0 Å². The molecule has 1 aliphatic carbocycles. The molecule has 0 bridgehead atoms. The van der Waals surface area contributed by atoms with Gasteiger partial charge in [-0.05, 0) is 53.6 Å². The van der Waals surface area contributed by atoms with Crippen molar-refractivity contribution in [2.24, 2.45) is 11.7 Å². The number of hydrogen-bond acceptors (Lipinski definition) is 5. The molecule has 3 aliphatic rings. The molecule has 2 unspecified atom stereocenters. The van der Waals surface area contributed by atoms with E-state index in [1.807, 2.05) is 59.0 Å². The number of carbonyl (C=O) groups is 1. The quantitative estimate of drug-likeness (QED) is 0.506. The van der Waals surface area contributed by atoms with Crippen molar-refractivity contribution in [1.82, 2.24) is 14.5 Å². The largest absolute Gasteiger partial charge is 0.390 e. The lowest BCUT2D eigenvalue weighted by Crippen LogP contribution is -2.27. The number of urea groups is 1. The maximum absolute atomic E-state index is 14.1. The topological polar surface area (TPSA) is 106 Å². The van der Waals surface area contributed by atoms with Gasteiger partial charge in [-0.3, -0.25) is 5.32 Å². The number of hydrogen-bond donors (Lipinski definition) is 3. The number of ether oxygens (including phenoxy) is 1. The van der Waals surface area contributed by atoms with E-state index in [2.05, 4.69) is 22.4 Å². The second-order valence-electron chi connectivity index (χ2n) is 9.87. The Bertz CT molecular complexity index is 1480. The molecule has 9 heteroatoms. The zero-order chi connectivity index (χ0) is 25.7. The maximum atomic E-state index is 14.1. The molecule has 3 heterocycles. The highest BCUT2D eigenvalue weighted by atomic mass is 19.1. The fraction of sp³-hybridized carbons (Fsp3) is 0.286. The number of imidazole rings is 1. The molecule has 37 heavy (non-hydrogen) atoms. The maximum Gasteiger partial charge on any atom is 0.318 e. The molecule has 1 saturated heterocycles. The fourth-order valence-corrected chi connectivity index (χ4v) is 5.65. The van der Waals surface area contributed by atoms with Crippen molar-refractivity contribution >= 4 is 34.7 Å². The molecule has 1 fully saturated rings. The third-order valence-electron chi connectivity index (χ3n) is 7.30. The number of carbonyl (C=O) groups excluding carboxylic acids is 1. The van der Waals surface area contributed by atoms with Gasteiger partial charge in [0.25, 0.3) is 0 Å². The first kappa shape index (κ1) is 23.6. The fourth-order valence-electron chi connectivity index (χ4n) is 5.65. The Morgan fingerprint density at radius 1 is 1.27 bits per heavy atom. The second kappa shape index (κ2) is 9.26. The number of primary amides is 1. The Balaban J connectivity index is 1.47. The lowest BCUT2D eigenvalue weighted by Gasteiger charge is -2.24. The van der Waals surface area contributed by atoms with Gasteiger partial charge in [-0.2, -0.15) is 0 Å². The molecule has 4 N–H and O–H groups in total. The number of nitrogens with zero attached hydrogens (tertiary/aromatic N) is 3. The number of aliphatic hydroxyl groups excluding tert-OH is 1. The molecule has 6 rings (SSSR count). The number of amides is 2. The Morgan fingerprint density at radius 2 is 2.11 bits per heavy atom. The van der Waals surface area contributed by atoms with Gasteiger partial charge in [0, 0.05) is 19.0 Å². The van der Waals surface area contributed by atoms with Crippen LogP contribution >= 0.6 is 0 Å². The zero-order valence-corrected chi connectivity index (χ0v) is 20.3. The summed E-state index contributed by atoms with van der Waals surface area (Å²) in [6.07, 6.45) is 5.95. The number of halogens is 1. The normalized spacial score (nSPS) is 26.6. The van der Waals surface area contributed by atoms with Crippen LogP contribution in [0, 0.1) is 5.92 Å². The monoisotopic (exact) mass is 501 g/mol. The number of nitrogens with one attached hydrogen (secondary N) is 1. The summed E-state index contributed by atoms with van der Waals surface area (Å²) < 4.78 is 22.0. The minimum Gasteiger partial charge on any atom is -0.390 e. The molecule has 2 amide bonds. The van der Waals surface area contributed by atoms with Crippen LogP contribution in [0.3, 0.4) is 0 Å². The predicted octanol–water partition coefficient (Wildman–Crippen LogP) is 3.85. The molecule has 1 aromatic heterocycles. The highest BCUT2D eigenvalue weighted by Crippen LogP contribution is 2.40. The first-order valence-corrected chi connectivity index (χ1v) is 12.3. The van der Waals surface area contributed by atoms with E-state index in [0.717, 1.165) is 27.8 Å². The van der Waals surface area contributed by atoms with E-state index in [9.17, 15) is 14.3 Å². The molecule has 2 aliphatic heterocycles. The Morgan fingerprint density at radius 3 is 2.89 bits per heavy atom. The molecule has 8 nitrogen and oxygen atoms in total. The number of aliphatic hydroxyl groups is 1. The smallest absolute Gasteiger partial charge is 0.318 e. The van der Waals surface area contributed by atoms with Gasteiger partial charge in [-0.1, -0.05) is 42.5 Å². The third-order valence-corrected chi connectivity index (χ3v) is 7.30. The predicted molar refractivity (Wildman–Crippen MR) is 140 cm³/mol. The molecule has 2 aromatic carbocycles. The molecule has 4 atom stereocenters. The van der Waals surface area contributed by atoms with Crippen LogP contribution in [-0.2, 0) is 11.3 Å². The molecule has 0 radical (unpaired) electrons. The number of benzene rings is 2. The van der Waals surface area contributed by atoms with E-state index in [4.69, 9.17) is 10.5 Å². The van der Waals surface area contributed by atoms with Crippen LogP contribution < -0.4 is 11.1 Å². The van der Waals surface area contributed by atoms with Crippen molar-refractivity contribution in [3.63, 3.8) is 0 Å². The van der Waals surface area contributed by atoms with Crippen molar-refractivity contribution in [1.29, 1.82) is 0 Å². The SMILES string of the molecule is CN1C[C@H](O)[C@@H](n2c(NC(N)=O)nc3cc(/C=C4\c5ccccc5COC5C=C(F)C=CC45)ccc32)C1. The van der Waals surface area contributed by atoms with Gasteiger partial charge < -0.3 is 25.0 Å². The average molecular weight is 502 g/mol. The first-order valence-electron chi connectivity index (χ1n) is 12.3. The Labute approximate surface area is 213 Å². The number of allylic oxidation sites excluding steroid dienone is 2. The number of rotatable bonds is 3. The summed E-state index contributed by atoms with van der Waals surface area (Å²) in [5.74, 6) is -0.142. The van der Waals surface area contributed by atoms with E-state index in [-0.39, 0.29) is 17.8 Å². The number of aromatic nitrogens is 2. The van der Waals surface area contributed by atoms with E-state index in [1.54, 1.807) is 0 Å². The third kappa shape index (κ3) is 4.35. The van der Waals surface area contributed by atoms with Crippen molar-refractivity contribution in [2.75, 3.05) is 25.5 Å². The zero-order valence-electron chi connectivity index (χ0n) is 20.3. The van der Waals surface area contributed by atoms with Gasteiger partial charge in [0.05, 0.1) is 35.9 Å². The van der Waals surface area contributed by atoms with Gasteiger partial charge >= 0.3 is 6.03 Å². The van der Waals surface area contributed by atoms with Gasteiger partial charge in [0.15, 0.2) is 0 Å². The first-order chi connectivity index (χ1) is 17.9. The number of likely N-dealkylation sites (tertiary alicyclic amines) is 1. The van der Waals surface area contributed by atoms with E-state index < -0.39 is 18.2 Å². The summed E-state index contributed by atoms with van der Waals surface area (Å²) in [6, 6.07) is 12.9. The van der Waals surface area contributed by atoms with Gasteiger partial charge in [0.2, 0.25) is 5.95 Å². The summed E-state index contributed by atoms with van der Waals surface area (Å²) >= 11 is 0. The molecule has 0 saturated carbocycles. The van der Waals surface area contributed by atoms with Gasteiger partial charge in [0.1, 0.15) is 5.83 Å². The molecule has 190 valence electrons. The number of nitrogens with two attached hydrogens (primary N) is 1. The van der Waals surface area contributed by atoms with Crippen LogP contribution in [0.25, 0.3) is 22.7 Å². The van der Waals surface area contributed by atoms with Crippen molar-refractivity contribution in [2.45, 2.75) is 24.9 Å².